The summed E-state index contributed by atoms with van der Waals surface area (Å²) in [7, 11) is 0. The minimum absolute atomic E-state index is 0.0405. The zero-order valence-electron chi connectivity index (χ0n) is 16.2. The van der Waals surface area contributed by atoms with Crippen LogP contribution in [0, 0.1) is 17.6 Å². The van der Waals surface area contributed by atoms with Gasteiger partial charge < -0.3 is 10.1 Å². The first-order valence-corrected chi connectivity index (χ1v) is 9.96. The highest BCUT2D eigenvalue weighted by Gasteiger charge is 2.59. The van der Waals surface area contributed by atoms with Gasteiger partial charge in [0.05, 0.1) is 11.3 Å². The molecule has 1 saturated heterocycles. The lowest BCUT2D eigenvalue weighted by Crippen LogP contribution is -2.52. The molecule has 0 bridgehead atoms. The number of epoxide rings is 1. The van der Waals surface area contributed by atoms with E-state index in [4.69, 9.17) is 9.84 Å². The first-order chi connectivity index (χ1) is 14.0. The van der Waals surface area contributed by atoms with E-state index in [0.29, 0.717) is 12.1 Å². The Hall–Kier alpha value is -2.73. The minimum Gasteiger partial charge on any atom is -0.384 e. The lowest BCUT2D eigenvalue weighted by molar-refractivity contribution is 0.0140. The molecule has 4 atom stereocenters. The molecule has 150 valence electrons. The number of para-hydroxylation sites is 1. The number of nitrogens with one attached hydrogen (secondary N) is 1. The number of halogens is 2. The average Bonchev–Trinajstić information content (AvgIpc) is 3.31. The maximum Gasteiger partial charge on any atom is 0.173 e. The summed E-state index contributed by atoms with van der Waals surface area (Å²) in [6, 6.07) is 11.7. The molecule has 0 saturated carbocycles. The van der Waals surface area contributed by atoms with Crippen LogP contribution in [-0.4, -0.2) is 29.6 Å². The van der Waals surface area contributed by atoms with Crippen molar-refractivity contribution in [2.45, 2.75) is 37.6 Å². The summed E-state index contributed by atoms with van der Waals surface area (Å²) < 4.78 is 34.3. The summed E-state index contributed by atoms with van der Waals surface area (Å²) in [5.74, 6) is -0.778. The van der Waals surface area contributed by atoms with Crippen molar-refractivity contribution in [1.29, 1.82) is 0 Å². The maximum absolute atomic E-state index is 14.6. The molecule has 0 aromatic heterocycles. The highest BCUT2D eigenvalue weighted by atomic mass is 19.1. The summed E-state index contributed by atoms with van der Waals surface area (Å²) in [5, 5.41) is 10.4. The molecule has 1 fully saturated rings. The zero-order valence-corrected chi connectivity index (χ0v) is 16.2. The van der Waals surface area contributed by atoms with E-state index in [1.165, 1.54) is 6.07 Å². The molecule has 0 amide bonds. The monoisotopic (exact) mass is 395 g/mol. The van der Waals surface area contributed by atoms with E-state index in [9.17, 15) is 8.78 Å². The van der Waals surface area contributed by atoms with Gasteiger partial charge in [0.1, 0.15) is 17.7 Å². The van der Waals surface area contributed by atoms with Gasteiger partial charge in [-0.25, -0.2) is 8.78 Å². The summed E-state index contributed by atoms with van der Waals surface area (Å²) >= 11 is 0. The van der Waals surface area contributed by atoms with E-state index in [0.717, 1.165) is 36.3 Å². The van der Waals surface area contributed by atoms with Crippen LogP contribution in [0.2, 0.25) is 0 Å². The van der Waals surface area contributed by atoms with Gasteiger partial charge in [-0.1, -0.05) is 24.3 Å². The quantitative estimate of drug-likeness (QED) is 0.606. The third-order valence-electron chi connectivity index (χ3n) is 6.29. The standard InChI is InChI=1S/C23H23F2N3O/c1-3-6-15-13-26-20-8-5-4-7-18(20)23(15)12-21(27-28(23)22-14(2)29-22)17-11-16(24)9-10-19(17)25/h3-5,7-11,14-15,22,26H,1,6,12-13H2,2H3. The van der Waals surface area contributed by atoms with Gasteiger partial charge in [-0.3, -0.25) is 5.01 Å². The molecule has 29 heavy (non-hydrogen) atoms. The van der Waals surface area contributed by atoms with E-state index in [2.05, 4.69) is 24.0 Å². The van der Waals surface area contributed by atoms with Crippen LogP contribution in [0.5, 0.6) is 0 Å². The topological polar surface area (TPSA) is 40.2 Å². The van der Waals surface area contributed by atoms with Crippen LogP contribution < -0.4 is 5.32 Å². The second kappa shape index (κ2) is 6.66. The van der Waals surface area contributed by atoms with Crippen LogP contribution in [0.1, 0.15) is 30.9 Å². The highest BCUT2D eigenvalue weighted by Crippen LogP contribution is 2.54. The smallest absolute Gasteiger partial charge is 0.173 e. The molecule has 2 aromatic carbocycles. The summed E-state index contributed by atoms with van der Waals surface area (Å²) in [5.41, 5.74) is 2.42. The van der Waals surface area contributed by atoms with Crippen molar-refractivity contribution in [3.05, 3.63) is 77.9 Å². The van der Waals surface area contributed by atoms with Gasteiger partial charge in [0, 0.05) is 35.7 Å². The number of hydrogen-bond donors (Lipinski definition) is 1. The lowest BCUT2D eigenvalue weighted by atomic mass is 9.70. The van der Waals surface area contributed by atoms with Crippen LogP contribution in [0.3, 0.4) is 0 Å². The van der Waals surface area contributed by atoms with E-state index >= 15 is 0 Å². The van der Waals surface area contributed by atoms with Gasteiger partial charge in [-0.05, 0) is 37.6 Å². The Bertz CT molecular complexity index is 1010. The number of rotatable bonds is 4. The van der Waals surface area contributed by atoms with Crippen molar-refractivity contribution < 1.29 is 13.5 Å². The number of anilines is 1. The molecular weight excluding hydrogens is 372 g/mol. The van der Waals surface area contributed by atoms with E-state index < -0.39 is 17.2 Å². The van der Waals surface area contributed by atoms with Crippen LogP contribution in [0.4, 0.5) is 14.5 Å². The normalized spacial score (nSPS) is 30.0. The number of hydrazone groups is 1. The number of hydrogen-bond acceptors (Lipinski definition) is 4. The molecule has 3 aliphatic rings. The van der Waals surface area contributed by atoms with E-state index in [1.54, 1.807) is 0 Å². The van der Waals surface area contributed by atoms with E-state index in [-0.39, 0.29) is 23.8 Å². The number of allylic oxidation sites excluding steroid dienone is 1. The van der Waals surface area contributed by atoms with Gasteiger partial charge in [-0.2, -0.15) is 5.10 Å². The van der Waals surface area contributed by atoms with Crippen LogP contribution in [0.15, 0.2) is 60.2 Å². The van der Waals surface area contributed by atoms with Crippen molar-refractivity contribution in [2.24, 2.45) is 11.0 Å². The molecule has 0 radical (unpaired) electrons. The SMILES string of the molecule is C=CCC1CNc2ccccc2C12CC(c1cc(F)ccc1F)=NN2C1OC1C. The maximum atomic E-state index is 14.6. The molecule has 4 nitrogen and oxygen atoms in total. The number of fused-ring (bicyclic) bond motifs is 2. The Morgan fingerprint density at radius 1 is 1.31 bits per heavy atom. The molecule has 3 heterocycles. The molecule has 2 aromatic rings. The van der Waals surface area contributed by atoms with Gasteiger partial charge in [0.15, 0.2) is 6.23 Å². The lowest BCUT2D eigenvalue weighted by Gasteiger charge is -2.47. The fraction of sp³-hybridized carbons (Fsp3) is 0.348. The number of nitrogens with zero attached hydrogens (tertiary/aromatic N) is 2. The first kappa shape index (κ1) is 18.3. The van der Waals surface area contributed by atoms with Crippen molar-refractivity contribution in [3.8, 4) is 0 Å². The largest absolute Gasteiger partial charge is 0.384 e. The molecule has 0 aliphatic carbocycles. The van der Waals surface area contributed by atoms with Crippen LogP contribution in [-0.2, 0) is 10.3 Å². The van der Waals surface area contributed by atoms with Crippen molar-refractivity contribution in [1.82, 2.24) is 5.01 Å². The molecule has 1 N–H and O–H groups in total. The minimum atomic E-state index is -0.500. The van der Waals surface area contributed by atoms with Gasteiger partial charge in [0.25, 0.3) is 0 Å². The van der Waals surface area contributed by atoms with Gasteiger partial charge in [0.2, 0.25) is 0 Å². The second-order valence-corrected chi connectivity index (χ2v) is 8.00. The Kier molecular flexibility index (Phi) is 4.21. The Balaban J connectivity index is 1.68. The third kappa shape index (κ3) is 2.77. The summed E-state index contributed by atoms with van der Waals surface area (Å²) in [4.78, 5) is 0. The Morgan fingerprint density at radius 3 is 2.86 bits per heavy atom. The number of benzene rings is 2. The summed E-state index contributed by atoms with van der Waals surface area (Å²) in [6.45, 7) is 6.69. The van der Waals surface area contributed by atoms with Crippen LogP contribution >= 0.6 is 0 Å². The first-order valence-electron chi connectivity index (χ1n) is 9.96. The van der Waals surface area contributed by atoms with Gasteiger partial charge >= 0.3 is 0 Å². The third-order valence-corrected chi connectivity index (χ3v) is 6.29. The Labute approximate surface area is 168 Å². The predicted octanol–water partition coefficient (Wildman–Crippen LogP) is 4.63. The fourth-order valence-corrected chi connectivity index (χ4v) is 4.84. The molecule has 5 rings (SSSR count). The van der Waals surface area contributed by atoms with Crippen LogP contribution in [0.25, 0.3) is 0 Å². The second-order valence-electron chi connectivity index (χ2n) is 8.00. The number of ether oxygens (including phenoxy) is 1. The molecule has 3 aliphatic heterocycles. The predicted molar refractivity (Wildman–Crippen MR) is 109 cm³/mol. The molecule has 4 unspecified atom stereocenters. The molecule has 1 spiro atoms. The van der Waals surface area contributed by atoms with Crippen molar-refractivity contribution in [3.63, 3.8) is 0 Å². The Morgan fingerprint density at radius 2 is 2.10 bits per heavy atom. The van der Waals surface area contributed by atoms with Crippen molar-refractivity contribution in [2.75, 3.05) is 11.9 Å². The highest BCUT2D eigenvalue weighted by molar-refractivity contribution is 6.02. The zero-order chi connectivity index (χ0) is 20.2. The fourth-order valence-electron chi connectivity index (χ4n) is 4.84. The van der Waals surface area contributed by atoms with E-state index in [1.807, 2.05) is 30.1 Å². The summed E-state index contributed by atoms with van der Waals surface area (Å²) in [6.07, 6.45) is 3.03. The van der Waals surface area contributed by atoms with Gasteiger partial charge in [-0.15, -0.1) is 6.58 Å². The van der Waals surface area contributed by atoms with Crippen molar-refractivity contribution >= 4 is 11.4 Å². The average molecular weight is 395 g/mol. The molecule has 6 heteroatoms. The molecular formula is C23H23F2N3O.